The predicted molar refractivity (Wildman–Crippen MR) is 67.3 cm³/mol. The number of rotatable bonds is 3. The average molecular weight is 267 g/mol. The zero-order valence-electron chi connectivity index (χ0n) is 9.64. The molecule has 0 aliphatic carbocycles. The van der Waals surface area contributed by atoms with Crippen LogP contribution in [0.1, 0.15) is 17.4 Å². The van der Waals surface area contributed by atoms with Gasteiger partial charge in [0.1, 0.15) is 0 Å². The minimum absolute atomic E-state index is 0.0524. The van der Waals surface area contributed by atoms with Crippen molar-refractivity contribution in [1.82, 2.24) is 5.16 Å². The molecule has 94 valence electrons. The molecule has 2 N–H and O–H groups in total. The molecule has 0 bridgehead atoms. The number of carbonyl (C=O) groups excluding carboxylic acids is 1. The molecule has 0 unspecified atom stereocenters. The van der Waals surface area contributed by atoms with Crippen molar-refractivity contribution in [2.24, 2.45) is 0 Å². The molecule has 0 saturated heterocycles. The van der Waals surface area contributed by atoms with Crippen LogP contribution in [0.3, 0.4) is 0 Å². The van der Waals surface area contributed by atoms with E-state index in [0.29, 0.717) is 16.1 Å². The Hall–Kier alpha value is -2.01. The number of hydrogen-bond acceptors (Lipinski definition) is 5. The van der Waals surface area contributed by atoms with Crippen molar-refractivity contribution in [3.8, 4) is 11.1 Å². The summed E-state index contributed by atoms with van der Waals surface area (Å²) in [7, 11) is 0. The van der Waals surface area contributed by atoms with Gasteiger partial charge in [0, 0.05) is 5.02 Å². The largest absolute Gasteiger partial charge is 0.461 e. The van der Waals surface area contributed by atoms with E-state index in [0.717, 1.165) is 0 Å². The molecule has 2 aromatic rings. The number of aromatic nitrogens is 1. The van der Waals surface area contributed by atoms with Crippen LogP contribution in [-0.4, -0.2) is 17.7 Å². The third-order valence-electron chi connectivity index (χ3n) is 2.30. The van der Waals surface area contributed by atoms with Gasteiger partial charge in [-0.3, -0.25) is 0 Å². The van der Waals surface area contributed by atoms with Crippen molar-refractivity contribution in [3.05, 3.63) is 35.0 Å². The van der Waals surface area contributed by atoms with E-state index in [1.165, 1.54) is 0 Å². The summed E-state index contributed by atoms with van der Waals surface area (Å²) in [6.45, 7) is 1.96. The fourth-order valence-corrected chi connectivity index (χ4v) is 1.75. The maximum Gasteiger partial charge on any atom is 0.361 e. The molecule has 1 aromatic heterocycles. The van der Waals surface area contributed by atoms with Crippen LogP contribution in [0.25, 0.3) is 11.1 Å². The first-order valence-corrected chi connectivity index (χ1v) is 5.69. The quantitative estimate of drug-likeness (QED) is 0.864. The van der Waals surface area contributed by atoms with Gasteiger partial charge >= 0.3 is 5.97 Å². The van der Waals surface area contributed by atoms with Crippen LogP contribution in [0, 0.1) is 0 Å². The highest BCUT2D eigenvalue weighted by atomic mass is 35.5. The molecule has 1 aromatic carbocycles. The van der Waals surface area contributed by atoms with Crippen molar-refractivity contribution in [2.45, 2.75) is 6.92 Å². The lowest BCUT2D eigenvalue weighted by Gasteiger charge is -2.02. The fraction of sp³-hybridized carbons (Fsp3) is 0.167. The molecule has 6 heteroatoms. The molecule has 18 heavy (non-hydrogen) atoms. The van der Waals surface area contributed by atoms with Gasteiger partial charge in [-0.1, -0.05) is 28.9 Å². The number of halogens is 1. The lowest BCUT2D eigenvalue weighted by molar-refractivity contribution is 0.0515. The molecule has 0 aliphatic rings. The van der Waals surface area contributed by atoms with Gasteiger partial charge in [-0.15, -0.1) is 0 Å². The van der Waals surface area contributed by atoms with Crippen LogP contribution in [0.2, 0.25) is 5.02 Å². The Kier molecular flexibility index (Phi) is 3.53. The number of nitrogen functional groups attached to an aromatic ring is 1. The van der Waals surface area contributed by atoms with E-state index in [2.05, 4.69) is 5.16 Å². The van der Waals surface area contributed by atoms with Gasteiger partial charge < -0.3 is 15.0 Å². The zero-order chi connectivity index (χ0) is 13.1. The lowest BCUT2D eigenvalue weighted by Crippen LogP contribution is -2.06. The first-order chi connectivity index (χ1) is 8.63. The van der Waals surface area contributed by atoms with E-state index in [4.69, 9.17) is 26.6 Å². The Bertz CT molecular complexity index is 580. The van der Waals surface area contributed by atoms with Crippen molar-refractivity contribution in [3.63, 3.8) is 0 Å². The minimum Gasteiger partial charge on any atom is -0.461 e. The van der Waals surface area contributed by atoms with E-state index in [9.17, 15) is 4.79 Å². The van der Waals surface area contributed by atoms with Crippen molar-refractivity contribution < 1.29 is 14.1 Å². The molecule has 2 rings (SSSR count). The summed E-state index contributed by atoms with van der Waals surface area (Å²) in [5.74, 6) is -0.520. The van der Waals surface area contributed by atoms with Crippen LogP contribution in [0.4, 0.5) is 5.88 Å². The number of carbonyl (C=O) groups is 1. The van der Waals surface area contributed by atoms with Crippen LogP contribution >= 0.6 is 11.6 Å². The number of nitrogens with zero attached hydrogens (tertiary/aromatic N) is 1. The molecule has 5 nitrogen and oxygen atoms in total. The Morgan fingerprint density at radius 3 is 3.00 bits per heavy atom. The van der Waals surface area contributed by atoms with E-state index in [1.54, 1.807) is 31.2 Å². The maximum absolute atomic E-state index is 11.7. The number of nitrogens with two attached hydrogens (primary N) is 1. The zero-order valence-corrected chi connectivity index (χ0v) is 10.4. The second-order valence-electron chi connectivity index (χ2n) is 3.50. The summed E-state index contributed by atoms with van der Waals surface area (Å²) in [4.78, 5) is 11.7. The van der Waals surface area contributed by atoms with Gasteiger partial charge in [0.25, 0.3) is 0 Å². The summed E-state index contributed by atoms with van der Waals surface area (Å²) in [6.07, 6.45) is 0. The standard InChI is InChI=1S/C12H11ClN2O3/c1-2-17-12(16)10-9(11(14)18-15-10)7-4-3-5-8(13)6-7/h3-6H,2,14H2,1H3. The van der Waals surface area contributed by atoms with Gasteiger partial charge in [-0.25, -0.2) is 4.79 Å². The van der Waals surface area contributed by atoms with Gasteiger partial charge in [-0.05, 0) is 24.6 Å². The number of ether oxygens (including phenoxy) is 1. The number of hydrogen-bond donors (Lipinski definition) is 1. The third kappa shape index (κ3) is 2.31. The van der Waals surface area contributed by atoms with Crippen LogP contribution < -0.4 is 5.73 Å². The first kappa shape index (κ1) is 12.4. The Morgan fingerprint density at radius 2 is 2.33 bits per heavy atom. The van der Waals surface area contributed by atoms with Crippen molar-refractivity contribution in [1.29, 1.82) is 0 Å². The highest BCUT2D eigenvalue weighted by Crippen LogP contribution is 2.31. The van der Waals surface area contributed by atoms with Crippen molar-refractivity contribution in [2.75, 3.05) is 12.3 Å². The van der Waals surface area contributed by atoms with Gasteiger partial charge in [0.2, 0.25) is 11.6 Å². The second-order valence-corrected chi connectivity index (χ2v) is 3.94. The highest BCUT2D eigenvalue weighted by molar-refractivity contribution is 6.30. The fourth-order valence-electron chi connectivity index (χ4n) is 1.56. The Balaban J connectivity index is 2.50. The number of esters is 1. The minimum atomic E-state index is -0.576. The molecule has 0 spiro atoms. The van der Waals surface area contributed by atoms with Crippen LogP contribution in [0.15, 0.2) is 28.8 Å². The third-order valence-corrected chi connectivity index (χ3v) is 2.54. The van der Waals surface area contributed by atoms with Crippen LogP contribution in [0.5, 0.6) is 0 Å². The van der Waals surface area contributed by atoms with Crippen molar-refractivity contribution >= 4 is 23.5 Å². The normalized spacial score (nSPS) is 10.3. The molecular weight excluding hydrogens is 256 g/mol. The number of anilines is 1. The van der Waals surface area contributed by atoms with E-state index in [-0.39, 0.29) is 18.2 Å². The Morgan fingerprint density at radius 1 is 1.56 bits per heavy atom. The predicted octanol–water partition coefficient (Wildman–Crippen LogP) is 2.75. The molecule has 0 fully saturated rings. The van der Waals surface area contributed by atoms with Gasteiger partial charge in [0.05, 0.1) is 12.2 Å². The number of benzene rings is 1. The monoisotopic (exact) mass is 266 g/mol. The van der Waals surface area contributed by atoms with E-state index in [1.807, 2.05) is 0 Å². The molecule has 0 atom stereocenters. The van der Waals surface area contributed by atoms with Gasteiger partial charge in [-0.2, -0.15) is 0 Å². The SMILES string of the molecule is CCOC(=O)c1noc(N)c1-c1cccc(Cl)c1. The summed E-state index contributed by atoms with van der Waals surface area (Å²) in [5, 5.41) is 4.15. The summed E-state index contributed by atoms with van der Waals surface area (Å²) >= 11 is 5.90. The van der Waals surface area contributed by atoms with E-state index < -0.39 is 5.97 Å². The maximum atomic E-state index is 11.7. The first-order valence-electron chi connectivity index (χ1n) is 5.31. The van der Waals surface area contributed by atoms with E-state index >= 15 is 0 Å². The second kappa shape index (κ2) is 5.10. The van der Waals surface area contributed by atoms with Crippen LogP contribution in [-0.2, 0) is 4.74 Å². The highest BCUT2D eigenvalue weighted by Gasteiger charge is 2.22. The molecule has 0 saturated carbocycles. The molecule has 0 radical (unpaired) electrons. The summed E-state index contributed by atoms with van der Waals surface area (Å²) in [5.41, 5.74) is 6.79. The molecule has 0 aliphatic heterocycles. The summed E-state index contributed by atoms with van der Waals surface area (Å²) in [6, 6.07) is 6.91. The lowest BCUT2D eigenvalue weighted by atomic mass is 10.1. The summed E-state index contributed by atoms with van der Waals surface area (Å²) < 4.78 is 9.72. The molecule has 1 heterocycles. The molecule has 0 amide bonds. The Labute approximate surface area is 108 Å². The smallest absolute Gasteiger partial charge is 0.361 e. The van der Waals surface area contributed by atoms with Gasteiger partial charge in [0.15, 0.2) is 0 Å². The topological polar surface area (TPSA) is 78.3 Å². The molecular formula is C12H11ClN2O3. The average Bonchev–Trinajstić information content (AvgIpc) is 2.71.